The van der Waals surface area contributed by atoms with Gasteiger partial charge in [0.2, 0.25) is 11.8 Å². The van der Waals surface area contributed by atoms with E-state index in [2.05, 4.69) is 6.08 Å². The number of carbonyl (C=O) groups excluding carboxylic acids is 3. The van der Waals surface area contributed by atoms with E-state index < -0.39 is 6.04 Å². The van der Waals surface area contributed by atoms with Crippen LogP contribution in [0.15, 0.2) is 35.9 Å². The molecule has 2 fully saturated rings. The third-order valence-corrected chi connectivity index (χ3v) is 7.09. The molecule has 1 atom stereocenters. The van der Waals surface area contributed by atoms with Crippen LogP contribution in [0.1, 0.15) is 76.2 Å². The number of rotatable bonds is 6. The van der Waals surface area contributed by atoms with Gasteiger partial charge in [-0.05, 0) is 64.0 Å². The standard InChI is InChI=1S/C26H34N2O3/c1-19-12-14-22(15-13-19)28-24(29)18-23(26(28)31)27(17-16-20-8-4-2-5-9-20)25(30)21-10-6-3-7-11-21/h8,12-15,21,23H,2-7,9-11,16-18H2,1H3. The van der Waals surface area contributed by atoms with Crippen LogP contribution in [0.2, 0.25) is 0 Å². The van der Waals surface area contributed by atoms with Crippen molar-refractivity contribution in [3.8, 4) is 0 Å². The first-order valence-electron chi connectivity index (χ1n) is 12.0. The number of hydrogen-bond acceptors (Lipinski definition) is 3. The number of benzene rings is 1. The Morgan fingerprint density at radius 1 is 1.03 bits per heavy atom. The maximum atomic E-state index is 13.5. The molecule has 2 aliphatic carbocycles. The van der Waals surface area contributed by atoms with Gasteiger partial charge in [0.05, 0.1) is 12.1 Å². The molecule has 5 nitrogen and oxygen atoms in total. The molecule has 1 saturated carbocycles. The first-order chi connectivity index (χ1) is 15.0. The summed E-state index contributed by atoms with van der Waals surface area (Å²) in [5.74, 6) is -0.397. The van der Waals surface area contributed by atoms with E-state index in [4.69, 9.17) is 0 Å². The molecule has 1 unspecified atom stereocenters. The van der Waals surface area contributed by atoms with Gasteiger partial charge in [-0.1, -0.05) is 48.6 Å². The van der Waals surface area contributed by atoms with E-state index in [1.807, 2.05) is 31.2 Å². The van der Waals surface area contributed by atoms with Crippen LogP contribution in [0.5, 0.6) is 0 Å². The van der Waals surface area contributed by atoms with Gasteiger partial charge in [-0.3, -0.25) is 14.4 Å². The second kappa shape index (κ2) is 9.80. The quantitative estimate of drug-likeness (QED) is 0.483. The van der Waals surface area contributed by atoms with Crippen molar-refractivity contribution in [2.24, 2.45) is 5.92 Å². The van der Waals surface area contributed by atoms with Gasteiger partial charge in [0.1, 0.15) is 6.04 Å². The van der Waals surface area contributed by atoms with Gasteiger partial charge < -0.3 is 4.90 Å². The van der Waals surface area contributed by atoms with E-state index in [1.165, 1.54) is 29.7 Å². The smallest absolute Gasteiger partial charge is 0.257 e. The van der Waals surface area contributed by atoms with E-state index in [9.17, 15) is 14.4 Å². The minimum absolute atomic E-state index is 0.00888. The lowest BCUT2D eigenvalue weighted by molar-refractivity contribution is -0.142. The van der Waals surface area contributed by atoms with Gasteiger partial charge >= 0.3 is 0 Å². The minimum Gasteiger partial charge on any atom is -0.330 e. The number of amides is 3. The second-order valence-electron chi connectivity index (χ2n) is 9.35. The zero-order chi connectivity index (χ0) is 21.8. The molecule has 31 heavy (non-hydrogen) atoms. The average Bonchev–Trinajstić information content (AvgIpc) is 3.09. The predicted molar refractivity (Wildman–Crippen MR) is 122 cm³/mol. The molecule has 166 valence electrons. The minimum atomic E-state index is -0.674. The fraction of sp³-hybridized carbons (Fsp3) is 0.577. The highest BCUT2D eigenvalue weighted by Crippen LogP contribution is 2.31. The summed E-state index contributed by atoms with van der Waals surface area (Å²) < 4.78 is 0. The van der Waals surface area contributed by atoms with Crippen LogP contribution in [0, 0.1) is 12.8 Å². The Morgan fingerprint density at radius 2 is 1.77 bits per heavy atom. The highest BCUT2D eigenvalue weighted by molar-refractivity contribution is 6.23. The summed E-state index contributed by atoms with van der Waals surface area (Å²) in [6.07, 6.45) is 12.9. The van der Waals surface area contributed by atoms with Crippen molar-refractivity contribution in [2.75, 3.05) is 11.4 Å². The molecule has 1 aromatic carbocycles. The highest BCUT2D eigenvalue weighted by atomic mass is 16.2. The Labute approximate surface area is 185 Å². The molecule has 5 heteroatoms. The van der Waals surface area contributed by atoms with E-state index in [0.29, 0.717) is 12.2 Å². The summed E-state index contributed by atoms with van der Waals surface area (Å²) in [5.41, 5.74) is 3.07. The van der Waals surface area contributed by atoms with Crippen LogP contribution < -0.4 is 4.90 Å². The van der Waals surface area contributed by atoms with Crippen LogP contribution >= 0.6 is 0 Å². The molecule has 1 saturated heterocycles. The lowest BCUT2D eigenvalue weighted by Crippen LogP contribution is -2.48. The third kappa shape index (κ3) is 4.91. The first kappa shape index (κ1) is 21.8. The SMILES string of the molecule is Cc1ccc(N2C(=O)CC(N(CCC3=CCCCC3)C(=O)C3CCCCC3)C2=O)cc1. The summed E-state index contributed by atoms with van der Waals surface area (Å²) in [4.78, 5) is 42.8. The third-order valence-electron chi connectivity index (χ3n) is 7.09. The lowest BCUT2D eigenvalue weighted by atomic mass is 9.87. The summed E-state index contributed by atoms with van der Waals surface area (Å²) >= 11 is 0. The van der Waals surface area contributed by atoms with E-state index in [1.54, 1.807) is 4.90 Å². The largest absolute Gasteiger partial charge is 0.330 e. The topological polar surface area (TPSA) is 57.7 Å². The monoisotopic (exact) mass is 422 g/mol. The molecule has 0 aromatic heterocycles. The number of anilines is 1. The first-order valence-corrected chi connectivity index (χ1v) is 12.0. The van der Waals surface area contributed by atoms with Gasteiger partial charge in [-0.25, -0.2) is 4.90 Å². The molecular weight excluding hydrogens is 388 g/mol. The average molecular weight is 423 g/mol. The van der Waals surface area contributed by atoms with E-state index in [-0.39, 0.29) is 30.1 Å². The predicted octanol–water partition coefficient (Wildman–Crippen LogP) is 4.93. The van der Waals surface area contributed by atoms with Crippen molar-refractivity contribution in [2.45, 2.75) is 83.6 Å². The lowest BCUT2D eigenvalue weighted by Gasteiger charge is -2.33. The van der Waals surface area contributed by atoms with Gasteiger partial charge in [-0.15, -0.1) is 0 Å². The van der Waals surface area contributed by atoms with Crippen LogP contribution in [0.4, 0.5) is 5.69 Å². The van der Waals surface area contributed by atoms with Crippen LogP contribution in [-0.4, -0.2) is 35.2 Å². The zero-order valence-electron chi connectivity index (χ0n) is 18.6. The van der Waals surface area contributed by atoms with Crippen molar-refractivity contribution in [1.29, 1.82) is 0 Å². The molecule has 3 amide bonds. The molecular formula is C26H34N2O3. The molecule has 1 aliphatic heterocycles. The normalized spacial score (nSPS) is 22.5. The van der Waals surface area contributed by atoms with Crippen molar-refractivity contribution in [1.82, 2.24) is 4.90 Å². The Kier molecular flexibility index (Phi) is 6.89. The number of allylic oxidation sites excluding steroid dienone is 1. The fourth-order valence-electron chi connectivity index (χ4n) is 5.22. The van der Waals surface area contributed by atoms with Crippen LogP contribution in [-0.2, 0) is 14.4 Å². The second-order valence-corrected chi connectivity index (χ2v) is 9.35. The molecule has 3 aliphatic rings. The molecule has 4 rings (SSSR count). The van der Waals surface area contributed by atoms with E-state index in [0.717, 1.165) is 50.5 Å². The maximum absolute atomic E-state index is 13.5. The summed E-state index contributed by atoms with van der Waals surface area (Å²) in [6.45, 7) is 2.51. The Bertz CT molecular complexity index is 852. The van der Waals surface area contributed by atoms with Crippen molar-refractivity contribution in [3.05, 3.63) is 41.5 Å². The summed E-state index contributed by atoms with van der Waals surface area (Å²) in [7, 11) is 0. The Hall–Kier alpha value is -2.43. The van der Waals surface area contributed by atoms with Crippen LogP contribution in [0.3, 0.4) is 0 Å². The maximum Gasteiger partial charge on any atom is 0.257 e. The number of carbonyl (C=O) groups is 3. The summed E-state index contributed by atoms with van der Waals surface area (Å²) in [6, 6.07) is 6.77. The number of aryl methyl sites for hydroxylation is 1. The van der Waals surface area contributed by atoms with Crippen molar-refractivity contribution >= 4 is 23.4 Å². The highest BCUT2D eigenvalue weighted by Gasteiger charge is 2.45. The summed E-state index contributed by atoms with van der Waals surface area (Å²) in [5, 5.41) is 0. The molecule has 0 spiro atoms. The number of hydrogen-bond donors (Lipinski definition) is 0. The van der Waals surface area contributed by atoms with Gasteiger partial charge in [0.15, 0.2) is 0 Å². The fourth-order valence-corrected chi connectivity index (χ4v) is 5.22. The number of imide groups is 1. The van der Waals surface area contributed by atoms with Gasteiger partial charge in [0, 0.05) is 12.5 Å². The zero-order valence-corrected chi connectivity index (χ0v) is 18.6. The molecule has 1 heterocycles. The van der Waals surface area contributed by atoms with Crippen molar-refractivity contribution in [3.63, 3.8) is 0 Å². The molecule has 0 radical (unpaired) electrons. The number of nitrogens with zero attached hydrogens (tertiary/aromatic N) is 2. The van der Waals surface area contributed by atoms with E-state index >= 15 is 0 Å². The van der Waals surface area contributed by atoms with Crippen molar-refractivity contribution < 1.29 is 14.4 Å². The Morgan fingerprint density at radius 3 is 2.45 bits per heavy atom. The van der Waals surface area contributed by atoms with Crippen LogP contribution in [0.25, 0.3) is 0 Å². The van der Waals surface area contributed by atoms with Gasteiger partial charge in [-0.2, -0.15) is 0 Å². The molecule has 0 N–H and O–H groups in total. The molecule has 0 bridgehead atoms. The Balaban J connectivity index is 1.55. The molecule has 1 aromatic rings. The van der Waals surface area contributed by atoms with Gasteiger partial charge in [0.25, 0.3) is 5.91 Å².